The summed E-state index contributed by atoms with van der Waals surface area (Å²) in [4.78, 5) is 118. The number of aliphatic carboxylic acids is 1. The van der Waals surface area contributed by atoms with Crippen LogP contribution >= 0.6 is 0 Å². The highest BCUT2D eigenvalue weighted by molar-refractivity contribution is 5.96. The molecule has 0 aromatic carbocycles. The highest BCUT2D eigenvalue weighted by Crippen LogP contribution is 2.08. The lowest BCUT2D eigenvalue weighted by molar-refractivity contribution is -0.142. The molecule has 0 heterocycles. The summed E-state index contributed by atoms with van der Waals surface area (Å²) in [6, 6.07) is -7.13. The van der Waals surface area contributed by atoms with E-state index in [0.717, 1.165) is 0 Å². The van der Waals surface area contributed by atoms with Crippen molar-refractivity contribution in [1.29, 1.82) is 0 Å². The van der Waals surface area contributed by atoms with Crippen LogP contribution in [0, 0.1) is 0 Å². The van der Waals surface area contributed by atoms with E-state index in [1.54, 1.807) is 0 Å². The van der Waals surface area contributed by atoms with E-state index in [9.17, 15) is 43.5 Å². The quantitative estimate of drug-likeness (QED) is 0.0169. The molecular formula is C33H64N20O9. The van der Waals surface area contributed by atoms with Crippen LogP contribution in [0.25, 0.3) is 0 Å². The van der Waals surface area contributed by atoms with E-state index >= 15 is 0 Å². The zero-order valence-electron chi connectivity index (χ0n) is 34.5. The van der Waals surface area contributed by atoms with E-state index in [2.05, 4.69) is 51.9 Å². The zero-order chi connectivity index (χ0) is 47.2. The number of primary amides is 1. The summed E-state index contributed by atoms with van der Waals surface area (Å²) in [7, 11) is 0. The van der Waals surface area contributed by atoms with Gasteiger partial charge in [0.1, 0.15) is 30.2 Å². The fourth-order valence-electron chi connectivity index (χ4n) is 5.22. The Hall–Kier alpha value is -7.20. The lowest BCUT2D eigenvalue weighted by Gasteiger charge is -2.27. The lowest BCUT2D eigenvalue weighted by Crippen LogP contribution is -2.59. The molecule has 29 nitrogen and oxygen atoms in total. The second kappa shape index (κ2) is 30.8. The minimum Gasteiger partial charge on any atom is -0.480 e. The van der Waals surface area contributed by atoms with Gasteiger partial charge in [0.25, 0.3) is 0 Å². The summed E-state index contributed by atoms with van der Waals surface area (Å²) in [5.41, 5.74) is 53.7. The Bertz CT molecular complexity index is 1620. The predicted molar refractivity (Wildman–Crippen MR) is 227 cm³/mol. The first-order valence-electron chi connectivity index (χ1n) is 19.4. The van der Waals surface area contributed by atoms with Gasteiger partial charge in [0.2, 0.25) is 41.4 Å². The summed E-state index contributed by atoms with van der Waals surface area (Å²) in [6.45, 7) is -0.766. The second-order valence-electron chi connectivity index (χ2n) is 13.5. The number of carboxylic acids is 1. The standard InChI is InChI=1S/C33H64N20O9/c34-15-23(55)48-16-24(56)49-17(5-1-11-44-30(36)37)25(57)50-18(6-2-12-45-31(38)39)26(58)52-20(9-10-22(35)54)28(60)51-19(7-3-13-46-32(40)41)27(59)53-21(29(61)62)8-4-14-47-33(42)43/h17-21H,1-16,34H2,(H2,35,54)(H,48,55)(H,49,56)(H,50,57)(H,51,60)(H,52,58)(H,53,59)(H,61,62)(H4,36,37,44)(H4,38,39,45)(H4,40,41,46)(H4,42,43,47)/t17-,18-,19-,20-,21-/m0/s1. The van der Waals surface area contributed by atoms with Crippen molar-refractivity contribution in [3.05, 3.63) is 0 Å². The SMILES string of the molecule is NCC(=O)NCC(=O)N[C@@H](CCCN=C(N)N)C(=O)N[C@@H](CCCN=C(N)N)C(=O)N[C@@H](CCC(N)=O)C(=O)N[C@@H](CCCN=C(N)N)C(=O)N[C@@H](CCCN=C(N)N)C(=O)O. The van der Waals surface area contributed by atoms with Gasteiger partial charge < -0.3 is 94.3 Å². The zero-order valence-corrected chi connectivity index (χ0v) is 34.5. The average molecular weight is 885 g/mol. The molecule has 0 aromatic rings. The van der Waals surface area contributed by atoms with Crippen molar-refractivity contribution in [3.63, 3.8) is 0 Å². The molecule has 29 heteroatoms. The van der Waals surface area contributed by atoms with Crippen molar-refractivity contribution < 1.29 is 43.5 Å². The first kappa shape index (κ1) is 54.8. The van der Waals surface area contributed by atoms with Crippen LogP contribution in [0.3, 0.4) is 0 Å². The maximum absolute atomic E-state index is 13.9. The molecule has 0 aliphatic rings. The number of carbonyl (C=O) groups excluding carboxylic acids is 7. The average Bonchev–Trinajstić information content (AvgIpc) is 3.18. The van der Waals surface area contributed by atoms with E-state index in [1.807, 2.05) is 0 Å². The van der Waals surface area contributed by atoms with E-state index in [0.29, 0.717) is 0 Å². The maximum Gasteiger partial charge on any atom is 0.326 e. The van der Waals surface area contributed by atoms with Crippen molar-refractivity contribution >= 4 is 71.2 Å². The second-order valence-corrected chi connectivity index (χ2v) is 13.5. The Labute approximate surface area is 357 Å². The van der Waals surface area contributed by atoms with Crippen molar-refractivity contribution in [1.82, 2.24) is 31.9 Å². The number of nitrogens with one attached hydrogen (secondary N) is 6. The Morgan fingerprint density at radius 1 is 0.435 bits per heavy atom. The van der Waals surface area contributed by atoms with Gasteiger partial charge in [-0.2, -0.15) is 0 Å². The number of nitrogens with zero attached hydrogens (tertiary/aromatic N) is 4. The van der Waals surface area contributed by atoms with Gasteiger partial charge in [-0.25, -0.2) is 4.79 Å². The first-order chi connectivity index (χ1) is 29.2. The largest absolute Gasteiger partial charge is 0.480 e. The van der Waals surface area contributed by atoms with Crippen molar-refractivity contribution in [2.45, 2.75) is 94.4 Å². The van der Waals surface area contributed by atoms with Gasteiger partial charge in [0.15, 0.2) is 23.8 Å². The number of amides is 7. The fourth-order valence-corrected chi connectivity index (χ4v) is 5.22. The van der Waals surface area contributed by atoms with Gasteiger partial charge in [-0.05, 0) is 57.8 Å². The third kappa shape index (κ3) is 26.7. The van der Waals surface area contributed by atoms with E-state index < -0.39 is 97.0 Å². The van der Waals surface area contributed by atoms with Crippen LogP contribution in [0.2, 0.25) is 0 Å². The summed E-state index contributed by atoms with van der Waals surface area (Å²) in [6.07, 6.45) is -0.640. The lowest BCUT2D eigenvalue weighted by atomic mass is 10.0. The number of hydrogen-bond donors (Lipinski definition) is 17. The minimum atomic E-state index is -1.56. The molecule has 0 radical (unpaired) electrons. The molecule has 0 saturated heterocycles. The molecule has 0 aliphatic carbocycles. The van der Waals surface area contributed by atoms with Crippen molar-refractivity contribution in [2.24, 2.45) is 77.3 Å². The molecule has 0 unspecified atom stereocenters. The van der Waals surface area contributed by atoms with Crippen molar-refractivity contribution in [3.8, 4) is 0 Å². The number of guanidine groups is 4. The molecule has 0 rings (SSSR count). The molecule has 0 saturated carbocycles. The summed E-state index contributed by atoms with van der Waals surface area (Å²) < 4.78 is 0. The van der Waals surface area contributed by atoms with Gasteiger partial charge in [0, 0.05) is 32.6 Å². The van der Waals surface area contributed by atoms with E-state index in [-0.39, 0.29) is 108 Å². The van der Waals surface area contributed by atoms with Crippen LogP contribution in [-0.2, 0) is 38.4 Å². The van der Waals surface area contributed by atoms with Gasteiger partial charge in [0.05, 0.1) is 13.1 Å². The Morgan fingerprint density at radius 2 is 0.742 bits per heavy atom. The van der Waals surface area contributed by atoms with Gasteiger partial charge in [-0.15, -0.1) is 0 Å². The fraction of sp³-hybridized carbons (Fsp3) is 0.636. The normalized spacial score (nSPS) is 12.9. The Morgan fingerprint density at radius 3 is 1.05 bits per heavy atom. The molecule has 62 heavy (non-hydrogen) atoms. The highest BCUT2D eigenvalue weighted by Gasteiger charge is 2.32. The van der Waals surface area contributed by atoms with Crippen LogP contribution in [0.1, 0.15) is 64.2 Å². The number of carbonyl (C=O) groups is 8. The Kier molecular flexibility index (Phi) is 27.2. The molecular weight excluding hydrogens is 820 g/mol. The first-order valence-corrected chi connectivity index (χ1v) is 19.4. The molecule has 0 bridgehead atoms. The van der Waals surface area contributed by atoms with Gasteiger partial charge in [-0.3, -0.25) is 53.5 Å². The Balaban J connectivity index is 6.60. The molecule has 0 aliphatic heterocycles. The highest BCUT2D eigenvalue weighted by atomic mass is 16.4. The molecule has 350 valence electrons. The molecule has 0 aromatic heterocycles. The third-order valence-electron chi connectivity index (χ3n) is 8.26. The van der Waals surface area contributed by atoms with Crippen LogP contribution < -0.4 is 89.2 Å². The topological polar surface area (TPSA) is 539 Å². The molecule has 0 spiro atoms. The smallest absolute Gasteiger partial charge is 0.326 e. The van der Waals surface area contributed by atoms with Crippen LogP contribution in [-0.4, -0.2) is 146 Å². The van der Waals surface area contributed by atoms with Gasteiger partial charge >= 0.3 is 5.97 Å². The monoisotopic (exact) mass is 885 g/mol. The number of aliphatic imine (C=N–C) groups is 4. The maximum atomic E-state index is 13.9. The third-order valence-corrected chi connectivity index (χ3v) is 8.26. The minimum absolute atomic E-state index is 0.00929. The van der Waals surface area contributed by atoms with Gasteiger partial charge in [-0.1, -0.05) is 0 Å². The van der Waals surface area contributed by atoms with E-state index in [1.165, 1.54) is 0 Å². The molecule has 27 N–H and O–H groups in total. The number of carboxylic acid groups (broad SMARTS) is 1. The predicted octanol–water partition coefficient (Wildman–Crippen LogP) is -8.95. The summed E-state index contributed by atoms with van der Waals surface area (Å²) >= 11 is 0. The molecule has 0 fully saturated rings. The van der Waals surface area contributed by atoms with Crippen molar-refractivity contribution in [2.75, 3.05) is 39.3 Å². The number of hydrogen-bond acceptors (Lipinski definition) is 13. The van der Waals surface area contributed by atoms with E-state index in [4.69, 9.17) is 57.3 Å². The molecule has 5 atom stereocenters. The van der Waals surface area contributed by atoms with Crippen LogP contribution in [0.15, 0.2) is 20.0 Å². The molecule has 7 amide bonds. The summed E-state index contributed by atoms with van der Waals surface area (Å²) in [5, 5.41) is 24.4. The summed E-state index contributed by atoms with van der Waals surface area (Å²) in [5.74, 6) is -8.29. The van der Waals surface area contributed by atoms with Crippen LogP contribution in [0.5, 0.6) is 0 Å². The van der Waals surface area contributed by atoms with Crippen LogP contribution in [0.4, 0.5) is 0 Å². The number of nitrogens with two attached hydrogens (primary N) is 10. The number of rotatable bonds is 32.